The first kappa shape index (κ1) is 27.0. The first-order valence-electron chi connectivity index (χ1n) is 13.9. The van der Waals surface area contributed by atoms with Crippen molar-refractivity contribution in [2.45, 2.75) is 52.4 Å². The zero-order valence-electron chi connectivity index (χ0n) is 22.6. The molecule has 0 spiro atoms. The smallest absolute Gasteiger partial charge is 0.264 e. The molecule has 8 nitrogen and oxygen atoms in total. The van der Waals surface area contributed by atoms with Gasteiger partial charge in [0.15, 0.2) is 0 Å². The number of likely N-dealkylation sites (tertiary alicyclic amines) is 1. The van der Waals surface area contributed by atoms with E-state index in [9.17, 15) is 9.59 Å². The molecule has 1 fully saturated rings. The molecular weight excluding hydrogens is 510 g/mol. The Labute approximate surface area is 234 Å². The molecule has 1 aromatic heterocycles. The number of rotatable bonds is 6. The summed E-state index contributed by atoms with van der Waals surface area (Å²) in [4.78, 5) is 39.1. The van der Waals surface area contributed by atoms with Crippen LogP contribution in [0.25, 0.3) is 11.0 Å². The minimum atomic E-state index is -0.219. The van der Waals surface area contributed by atoms with Gasteiger partial charge in [0.2, 0.25) is 5.91 Å². The number of fused-ring (bicyclic) bond motifs is 2. The molecule has 0 radical (unpaired) electrons. The molecule has 1 saturated heterocycles. The van der Waals surface area contributed by atoms with Crippen LogP contribution in [-0.2, 0) is 17.6 Å². The summed E-state index contributed by atoms with van der Waals surface area (Å²) < 4.78 is 5.93. The Kier molecular flexibility index (Phi) is 8.35. The minimum Gasteiger partial charge on any atom is -0.432 e. The predicted molar refractivity (Wildman–Crippen MR) is 156 cm³/mol. The average Bonchev–Trinajstić information content (AvgIpc) is 2.97. The van der Waals surface area contributed by atoms with Gasteiger partial charge in [-0.2, -0.15) is 0 Å². The average molecular weight is 546 g/mol. The number of nitrogens with zero attached hydrogens (tertiary/aromatic N) is 4. The van der Waals surface area contributed by atoms with E-state index in [0.29, 0.717) is 41.8 Å². The number of ether oxygens (including phenoxy) is 1. The lowest BCUT2D eigenvalue weighted by Gasteiger charge is -2.35. The lowest BCUT2D eigenvalue weighted by atomic mass is 9.97. The Morgan fingerprint density at radius 3 is 2.38 bits per heavy atom. The summed E-state index contributed by atoms with van der Waals surface area (Å²) in [5.41, 5.74) is 5.00. The molecule has 1 N–H and O–H groups in total. The maximum Gasteiger partial charge on any atom is 0.264 e. The minimum absolute atomic E-state index is 0.0715. The van der Waals surface area contributed by atoms with Gasteiger partial charge in [0.05, 0.1) is 28.3 Å². The van der Waals surface area contributed by atoms with Crippen LogP contribution < -0.4 is 10.1 Å². The number of amides is 2. The van der Waals surface area contributed by atoms with Crippen molar-refractivity contribution in [2.24, 2.45) is 5.92 Å². The first-order valence-corrected chi connectivity index (χ1v) is 14.3. The molecule has 204 valence electrons. The van der Waals surface area contributed by atoms with Gasteiger partial charge in [-0.15, -0.1) is 0 Å². The number of thiocarbonyl (C=S) groups is 1. The molecule has 1 aliphatic carbocycles. The Balaban J connectivity index is 1.19. The van der Waals surface area contributed by atoms with Gasteiger partial charge in [-0.25, -0.2) is 9.97 Å². The molecule has 2 aromatic carbocycles. The van der Waals surface area contributed by atoms with Crippen molar-refractivity contribution in [3.8, 4) is 5.75 Å². The van der Waals surface area contributed by atoms with E-state index in [2.05, 4.69) is 5.32 Å². The summed E-state index contributed by atoms with van der Waals surface area (Å²) in [5, 5.41) is 3.31. The number of nitrogens with one attached hydrogen (secondary N) is 1. The first-order chi connectivity index (χ1) is 18.9. The number of anilines is 1. The molecule has 0 unspecified atom stereocenters. The second kappa shape index (κ2) is 12.1. The van der Waals surface area contributed by atoms with Gasteiger partial charge < -0.3 is 19.9 Å². The fraction of sp³-hybridized carbons (Fsp3) is 0.433. The Bertz CT molecular complexity index is 1370. The second-order valence-electron chi connectivity index (χ2n) is 10.2. The molecular formula is C30H35N5O3S. The number of hydrogen-bond acceptors (Lipinski definition) is 6. The number of carbonyl (C=O) groups excluding carboxylic acids is 2. The third kappa shape index (κ3) is 6.19. The third-order valence-electron chi connectivity index (χ3n) is 7.58. The van der Waals surface area contributed by atoms with E-state index in [1.165, 1.54) is 0 Å². The number of hydrogen-bond donors (Lipinski definition) is 1. The quantitative estimate of drug-likeness (QED) is 0.436. The predicted octanol–water partition coefficient (Wildman–Crippen LogP) is 5.01. The molecule has 2 amide bonds. The standard InChI is InChI=1S/C30H35N5O3S/c1-3-34(4-2)29(37)21-8-7-17-35(19-21)30(39)38-23-14-11-20(12-15-23)28(36)31-22-13-16-26-27(18-22)33-25-10-6-5-9-24(25)32-26/h11-16,18,21H,3-10,17,19H2,1-2H3,(H,31,36)/t21-/m0/s1. The molecule has 1 atom stereocenters. The summed E-state index contributed by atoms with van der Waals surface area (Å²) >= 11 is 5.55. The lowest BCUT2D eigenvalue weighted by Crippen LogP contribution is -2.47. The van der Waals surface area contributed by atoms with E-state index in [-0.39, 0.29) is 17.7 Å². The van der Waals surface area contributed by atoms with E-state index in [1.54, 1.807) is 24.3 Å². The van der Waals surface area contributed by atoms with Gasteiger partial charge in [-0.1, -0.05) is 0 Å². The fourth-order valence-corrected chi connectivity index (χ4v) is 5.63. The molecule has 0 saturated carbocycles. The number of aryl methyl sites for hydroxylation is 2. The van der Waals surface area contributed by atoms with Crippen LogP contribution >= 0.6 is 12.2 Å². The van der Waals surface area contributed by atoms with Crippen molar-refractivity contribution in [1.82, 2.24) is 19.8 Å². The Morgan fingerprint density at radius 1 is 1.00 bits per heavy atom. The highest BCUT2D eigenvalue weighted by Crippen LogP contribution is 2.24. The van der Waals surface area contributed by atoms with Crippen LogP contribution in [0.15, 0.2) is 42.5 Å². The van der Waals surface area contributed by atoms with Gasteiger partial charge in [0.1, 0.15) is 5.75 Å². The zero-order chi connectivity index (χ0) is 27.4. The number of carbonyl (C=O) groups is 2. The maximum atomic E-state index is 12.9. The highest BCUT2D eigenvalue weighted by Gasteiger charge is 2.30. The van der Waals surface area contributed by atoms with Crippen molar-refractivity contribution >= 4 is 45.9 Å². The van der Waals surface area contributed by atoms with E-state index in [4.69, 9.17) is 26.9 Å². The Hall–Kier alpha value is -3.59. The highest BCUT2D eigenvalue weighted by atomic mass is 32.1. The number of benzene rings is 2. The number of aromatic nitrogens is 2. The number of piperidine rings is 1. The summed E-state index contributed by atoms with van der Waals surface area (Å²) in [6.45, 7) is 6.75. The van der Waals surface area contributed by atoms with Gasteiger partial charge in [-0.05, 0) is 107 Å². The summed E-state index contributed by atoms with van der Waals surface area (Å²) in [5.74, 6) is 0.446. The Morgan fingerprint density at radius 2 is 1.69 bits per heavy atom. The van der Waals surface area contributed by atoms with Crippen molar-refractivity contribution < 1.29 is 14.3 Å². The van der Waals surface area contributed by atoms with Crippen molar-refractivity contribution in [3.05, 3.63) is 59.4 Å². The molecule has 5 rings (SSSR count). The molecule has 1 aliphatic heterocycles. The van der Waals surface area contributed by atoms with Gasteiger partial charge in [0.25, 0.3) is 11.1 Å². The summed E-state index contributed by atoms with van der Waals surface area (Å²) in [6, 6.07) is 12.6. The van der Waals surface area contributed by atoms with Gasteiger partial charge >= 0.3 is 0 Å². The van der Waals surface area contributed by atoms with E-state index in [0.717, 1.165) is 67.5 Å². The molecule has 2 heterocycles. The molecule has 9 heteroatoms. The molecule has 0 bridgehead atoms. The lowest BCUT2D eigenvalue weighted by molar-refractivity contribution is -0.136. The van der Waals surface area contributed by atoms with Crippen LogP contribution in [0.5, 0.6) is 5.75 Å². The van der Waals surface area contributed by atoms with Crippen LogP contribution in [0.4, 0.5) is 5.69 Å². The zero-order valence-corrected chi connectivity index (χ0v) is 23.4. The monoisotopic (exact) mass is 545 g/mol. The highest BCUT2D eigenvalue weighted by molar-refractivity contribution is 7.80. The van der Waals surface area contributed by atoms with Crippen LogP contribution in [0, 0.1) is 5.92 Å². The fourth-order valence-electron chi connectivity index (χ4n) is 5.37. The second-order valence-corrected chi connectivity index (χ2v) is 10.5. The van der Waals surface area contributed by atoms with Crippen molar-refractivity contribution in [3.63, 3.8) is 0 Å². The van der Waals surface area contributed by atoms with E-state index >= 15 is 0 Å². The van der Waals surface area contributed by atoms with Crippen LogP contribution in [0.2, 0.25) is 0 Å². The van der Waals surface area contributed by atoms with Gasteiger partial charge in [0, 0.05) is 37.4 Å². The van der Waals surface area contributed by atoms with Gasteiger partial charge in [-0.3, -0.25) is 9.59 Å². The largest absolute Gasteiger partial charge is 0.432 e. The van der Waals surface area contributed by atoms with Crippen LogP contribution in [0.3, 0.4) is 0 Å². The normalized spacial score (nSPS) is 16.9. The molecule has 39 heavy (non-hydrogen) atoms. The maximum absolute atomic E-state index is 12.9. The van der Waals surface area contributed by atoms with Crippen LogP contribution in [-0.4, -0.2) is 62.9 Å². The topological polar surface area (TPSA) is 87.7 Å². The molecule has 3 aromatic rings. The van der Waals surface area contributed by atoms with E-state index in [1.807, 2.05) is 41.8 Å². The molecule has 2 aliphatic rings. The van der Waals surface area contributed by atoms with E-state index < -0.39 is 0 Å². The van der Waals surface area contributed by atoms with Crippen LogP contribution in [0.1, 0.15) is 61.3 Å². The van der Waals surface area contributed by atoms with Crippen molar-refractivity contribution in [2.75, 3.05) is 31.5 Å². The van der Waals surface area contributed by atoms with Crippen molar-refractivity contribution in [1.29, 1.82) is 0 Å². The third-order valence-corrected chi connectivity index (χ3v) is 7.92. The summed E-state index contributed by atoms with van der Waals surface area (Å²) in [6.07, 6.45) is 6.00. The summed E-state index contributed by atoms with van der Waals surface area (Å²) in [7, 11) is 0. The SMILES string of the molecule is CCN(CC)C(=O)[C@H]1CCCN(C(=S)Oc2ccc(C(=O)Nc3ccc4nc5c(nc4c3)CCCC5)cc2)C1.